The first-order chi connectivity index (χ1) is 9.48. The van der Waals surface area contributed by atoms with Crippen molar-refractivity contribution in [3.8, 4) is 0 Å². The van der Waals surface area contributed by atoms with Crippen molar-refractivity contribution in [1.82, 2.24) is 4.90 Å². The zero-order valence-corrected chi connectivity index (χ0v) is 13.1. The first-order valence-corrected chi connectivity index (χ1v) is 7.72. The summed E-state index contributed by atoms with van der Waals surface area (Å²) in [6.07, 6.45) is -1.25. The van der Waals surface area contributed by atoms with Gasteiger partial charge in [-0.15, -0.1) is 0 Å². The van der Waals surface area contributed by atoms with E-state index >= 15 is 0 Å². The maximum Gasteiger partial charge on any atom is 0.410 e. The van der Waals surface area contributed by atoms with Crippen LogP contribution in [0.1, 0.15) is 27.2 Å². The molecule has 1 rings (SSSR count). The van der Waals surface area contributed by atoms with Crippen LogP contribution >= 0.6 is 0 Å². The number of carbonyl (C=O) groups is 1. The van der Waals surface area contributed by atoms with E-state index in [2.05, 4.69) is 0 Å². The maximum atomic E-state index is 13.7. The molecule has 1 fully saturated rings. The summed E-state index contributed by atoms with van der Waals surface area (Å²) in [5, 5.41) is 0. The van der Waals surface area contributed by atoms with Crippen LogP contribution in [0.5, 0.6) is 0 Å². The minimum absolute atomic E-state index is 0.0516. The quantitative estimate of drug-likeness (QED) is 0.734. The normalized spacial score (nSPS) is 23.7. The van der Waals surface area contributed by atoms with Gasteiger partial charge < -0.3 is 18.9 Å². The molecule has 1 heterocycles. The van der Waals surface area contributed by atoms with Crippen LogP contribution in [0.15, 0.2) is 0 Å². The SMILES string of the molecule is CC(C)(C)OC(=O)N1CC(COCS(=O)[O-])CC(F)(F)C1. The molecule has 124 valence electrons. The molecule has 0 aromatic carbocycles. The highest BCUT2D eigenvalue weighted by Gasteiger charge is 2.43. The van der Waals surface area contributed by atoms with Gasteiger partial charge in [0.25, 0.3) is 5.92 Å². The lowest BCUT2D eigenvalue weighted by molar-refractivity contribution is -0.0959. The van der Waals surface area contributed by atoms with Gasteiger partial charge in [-0.3, -0.25) is 4.21 Å². The number of piperidine rings is 1. The van der Waals surface area contributed by atoms with E-state index in [0.717, 1.165) is 4.90 Å². The van der Waals surface area contributed by atoms with Crippen LogP contribution in [0.2, 0.25) is 0 Å². The fraction of sp³-hybridized carbons (Fsp3) is 0.917. The third-order valence-electron chi connectivity index (χ3n) is 2.67. The molecule has 9 heteroatoms. The smallest absolute Gasteiger partial charge is 0.410 e. The monoisotopic (exact) mass is 328 g/mol. The highest BCUT2D eigenvalue weighted by Crippen LogP contribution is 2.31. The molecule has 0 bridgehead atoms. The van der Waals surface area contributed by atoms with Crippen LogP contribution in [0.4, 0.5) is 13.6 Å². The Morgan fingerprint density at radius 3 is 2.62 bits per heavy atom. The Morgan fingerprint density at radius 2 is 2.10 bits per heavy atom. The predicted molar refractivity (Wildman–Crippen MR) is 70.6 cm³/mol. The molecule has 1 saturated heterocycles. The molecule has 0 saturated carbocycles. The van der Waals surface area contributed by atoms with E-state index in [4.69, 9.17) is 9.47 Å². The van der Waals surface area contributed by atoms with Crippen LogP contribution in [0, 0.1) is 5.92 Å². The number of rotatable bonds is 4. The van der Waals surface area contributed by atoms with E-state index in [1.165, 1.54) is 0 Å². The van der Waals surface area contributed by atoms with Crippen LogP contribution in [0.3, 0.4) is 0 Å². The number of hydrogen-bond donors (Lipinski definition) is 0. The van der Waals surface area contributed by atoms with E-state index < -0.39 is 53.5 Å². The second kappa shape index (κ2) is 6.97. The Balaban J connectivity index is 2.61. The second-order valence-corrected chi connectivity index (χ2v) is 6.92. The van der Waals surface area contributed by atoms with Gasteiger partial charge in [0, 0.05) is 18.9 Å². The van der Waals surface area contributed by atoms with Gasteiger partial charge >= 0.3 is 6.09 Å². The predicted octanol–water partition coefficient (Wildman–Crippen LogP) is 1.73. The summed E-state index contributed by atoms with van der Waals surface area (Å²) >= 11 is -2.38. The molecule has 0 aromatic rings. The lowest BCUT2D eigenvalue weighted by Crippen LogP contribution is -2.51. The number of nitrogens with zero attached hydrogens (tertiary/aromatic N) is 1. The summed E-state index contributed by atoms with van der Waals surface area (Å²) in [4.78, 5) is 12.8. The molecule has 21 heavy (non-hydrogen) atoms. The van der Waals surface area contributed by atoms with Crippen molar-refractivity contribution < 1.29 is 31.8 Å². The first kappa shape index (κ1) is 18.2. The lowest BCUT2D eigenvalue weighted by atomic mass is 9.96. The number of hydrogen-bond acceptors (Lipinski definition) is 5. The summed E-state index contributed by atoms with van der Waals surface area (Å²) in [5.74, 6) is -4.22. The minimum Gasteiger partial charge on any atom is -0.771 e. The Morgan fingerprint density at radius 1 is 1.48 bits per heavy atom. The standard InChI is InChI=1S/C12H21F2NO5S/c1-11(2,3)20-10(16)15-5-9(4-12(13,14)7-15)6-19-8-21(17)18/h9H,4-8H2,1-3H3,(H,17,18)/p-1. The molecule has 0 aliphatic carbocycles. The molecular formula is C12H20F2NO5S-. The summed E-state index contributed by atoms with van der Waals surface area (Å²) in [6, 6.07) is 0. The number of alkyl halides is 2. The Bertz CT molecular complexity index is 400. The third kappa shape index (κ3) is 7.14. The third-order valence-corrected chi connectivity index (χ3v) is 3.03. The van der Waals surface area contributed by atoms with E-state index in [-0.39, 0.29) is 13.2 Å². The highest BCUT2D eigenvalue weighted by atomic mass is 32.2. The van der Waals surface area contributed by atoms with Gasteiger partial charge in [-0.25, -0.2) is 13.6 Å². The highest BCUT2D eigenvalue weighted by molar-refractivity contribution is 7.78. The summed E-state index contributed by atoms with van der Waals surface area (Å²) < 4.78 is 57.9. The van der Waals surface area contributed by atoms with Crippen molar-refractivity contribution in [3.63, 3.8) is 0 Å². The number of likely N-dealkylation sites (tertiary alicyclic amines) is 1. The molecule has 0 N–H and O–H groups in total. The fourth-order valence-corrected chi connectivity index (χ4v) is 2.30. The van der Waals surface area contributed by atoms with Gasteiger partial charge in [-0.05, 0) is 31.9 Å². The molecule has 1 aliphatic heterocycles. The van der Waals surface area contributed by atoms with E-state index in [1.54, 1.807) is 20.8 Å². The van der Waals surface area contributed by atoms with Crippen LogP contribution in [-0.4, -0.2) is 56.9 Å². The van der Waals surface area contributed by atoms with Crippen LogP contribution < -0.4 is 0 Å². The molecular weight excluding hydrogens is 308 g/mol. The topological polar surface area (TPSA) is 78.9 Å². The van der Waals surface area contributed by atoms with Crippen LogP contribution in [0.25, 0.3) is 0 Å². The van der Waals surface area contributed by atoms with Crippen molar-refractivity contribution >= 4 is 17.2 Å². The Hall–Kier alpha value is -0.800. The number of halogens is 2. The molecule has 0 radical (unpaired) electrons. The van der Waals surface area contributed by atoms with Gasteiger partial charge in [-0.2, -0.15) is 0 Å². The van der Waals surface area contributed by atoms with Crippen molar-refractivity contribution in [1.29, 1.82) is 0 Å². The fourth-order valence-electron chi connectivity index (χ4n) is 2.07. The molecule has 0 aromatic heterocycles. The van der Waals surface area contributed by atoms with Gasteiger partial charge in [0.1, 0.15) is 11.5 Å². The molecule has 2 atom stereocenters. The largest absolute Gasteiger partial charge is 0.771 e. The second-order valence-electron chi connectivity index (χ2n) is 6.08. The zero-order chi connectivity index (χ0) is 16.3. The van der Waals surface area contributed by atoms with Crippen molar-refractivity contribution in [2.24, 2.45) is 5.92 Å². The molecule has 2 unspecified atom stereocenters. The van der Waals surface area contributed by atoms with Gasteiger partial charge in [-0.1, -0.05) is 0 Å². The summed E-state index contributed by atoms with van der Waals surface area (Å²) in [5.41, 5.74) is -0.769. The summed E-state index contributed by atoms with van der Waals surface area (Å²) in [7, 11) is 0. The van der Waals surface area contributed by atoms with Gasteiger partial charge in [0.05, 0.1) is 13.2 Å². The number of amides is 1. The molecule has 6 nitrogen and oxygen atoms in total. The first-order valence-electron chi connectivity index (χ1n) is 6.48. The Labute approximate surface area is 125 Å². The van der Waals surface area contributed by atoms with E-state index in [0.29, 0.717) is 0 Å². The van der Waals surface area contributed by atoms with Crippen LogP contribution in [-0.2, 0) is 20.6 Å². The van der Waals surface area contributed by atoms with E-state index in [1.807, 2.05) is 0 Å². The Kier molecular flexibility index (Phi) is 6.06. The molecule has 1 aliphatic rings. The van der Waals surface area contributed by atoms with Gasteiger partial charge in [0.2, 0.25) is 0 Å². The number of ether oxygens (including phenoxy) is 2. The van der Waals surface area contributed by atoms with Crippen molar-refractivity contribution in [2.75, 3.05) is 25.6 Å². The number of carbonyl (C=O) groups excluding carboxylic acids is 1. The molecule has 0 spiro atoms. The van der Waals surface area contributed by atoms with Crippen molar-refractivity contribution in [2.45, 2.75) is 38.7 Å². The lowest BCUT2D eigenvalue weighted by Gasteiger charge is -2.38. The average molecular weight is 328 g/mol. The van der Waals surface area contributed by atoms with E-state index in [9.17, 15) is 22.3 Å². The van der Waals surface area contributed by atoms with Crippen molar-refractivity contribution in [3.05, 3.63) is 0 Å². The maximum absolute atomic E-state index is 13.7. The molecule has 1 amide bonds. The zero-order valence-electron chi connectivity index (χ0n) is 12.3. The minimum atomic E-state index is -3.04. The van der Waals surface area contributed by atoms with Gasteiger partial charge in [0.15, 0.2) is 0 Å². The average Bonchev–Trinajstić information content (AvgIpc) is 2.23. The summed E-state index contributed by atoms with van der Waals surface area (Å²) in [6.45, 7) is 4.15.